The molecule has 0 fully saturated rings. The summed E-state index contributed by atoms with van der Waals surface area (Å²) in [4.78, 5) is 0. The number of benzene rings is 1. The van der Waals surface area contributed by atoms with E-state index in [1.54, 1.807) is 0 Å². The van der Waals surface area contributed by atoms with Crippen molar-refractivity contribution in [2.45, 2.75) is 38.8 Å². The lowest BCUT2D eigenvalue weighted by atomic mass is 10.0. The third-order valence-corrected chi connectivity index (χ3v) is 3.41. The summed E-state index contributed by atoms with van der Waals surface area (Å²) in [5, 5.41) is 3.36. The molecular formula is C13H17NO. The highest BCUT2D eigenvalue weighted by Gasteiger charge is 2.27. The number of ether oxygens (including phenoxy) is 1. The van der Waals surface area contributed by atoms with Crippen LogP contribution in [0.1, 0.15) is 30.0 Å². The van der Waals surface area contributed by atoms with E-state index in [4.69, 9.17) is 4.74 Å². The molecule has 1 atom stereocenters. The van der Waals surface area contributed by atoms with Crippen molar-refractivity contribution in [2.75, 3.05) is 6.54 Å². The third kappa shape index (κ3) is 1.44. The first kappa shape index (κ1) is 9.22. The van der Waals surface area contributed by atoms with Gasteiger partial charge in [0, 0.05) is 6.42 Å². The first-order valence-corrected chi connectivity index (χ1v) is 5.92. The molecule has 0 spiro atoms. The maximum absolute atomic E-state index is 5.98. The molecule has 1 unspecified atom stereocenters. The van der Waals surface area contributed by atoms with E-state index >= 15 is 0 Å². The zero-order chi connectivity index (χ0) is 10.3. The molecule has 0 radical (unpaired) electrons. The predicted molar refractivity (Wildman–Crippen MR) is 60.3 cm³/mol. The third-order valence-electron chi connectivity index (χ3n) is 3.41. The van der Waals surface area contributed by atoms with Crippen molar-refractivity contribution in [1.29, 1.82) is 0 Å². The number of hydrogen-bond donors (Lipinski definition) is 1. The highest BCUT2D eigenvalue weighted by Crippen LogP contribution is 2.38. The molecule has 3 rings (SSSR count). The zero-order valence-corrected chi connectivity index (χ0v) is 9.18. The van der Waals surface area contributed by atoms with Crippen LogP contribution in [0, 0.1) is 0 Å². The van der Waals surface area contributed by atoms with E-state index in [2.05, 4.69) is 24.4 Å². The number of likely N-dealkylation sites (N-methyl/N-ethyl adjacent to an activating group) is 1. The van der Waals surface area contributed by atoms with Gasteiger partial charge in [0.25, 0.3) is 0 Å². The van der Waals surface area contributed by atoms with Crippen LogP contribution in [0.15, 0.2) is 12.1 Å². The van der Waals surface area contributed by atoms with Crippen molar-refractivity contribution in [3.63, 3.8) is 0 Å². The molecule has 1 heterocycles. The molecule has 0 amide bonds. The minimum absolute atomic E-state index is 0.206. The van der Waals surface area contributed by atoms with Gasteiger partial charge in [0.05, 0.1) is 0 Å². The standard InChI is InChI=1S/C13H17NO/c1-2-14-12-8-10-7-6-9-4-3-5-11(9)13(10)15-12/h6-7,12,14H,2-5,8H2,1H3. The highest BCUT2D eigenvalue weighted by atomic mass is 16.5. The Morgan fingerprint density at radius 2 is 2.20 bits per heavy atom. The second kappa shape index (κ2) is 3.53. The van der Waals surface area contributed by atoms with Crippen LogP contribution in [0.2, 0.25) is 0 Å². The van der Waals surface area contributed by atoms with Gasteiger partial charge in [-0.3, -0.25) is 5.32 Å². The van der Waals surface area contributed by atoms with Crippen molar-refractivity contribution >= 4 is 0 Å². The summed E-state index contributed by atoms with van der Waals surface area (Å²) in [5.41, 5.74) is 4.38. The molecule has 1 N–H and O–H groups in total. The Bertz CT molecular complexity index is 386. The van der Waals surface area contributed by atoms with Gasteiger partial charge < -0.3 is 4.74 Å². The van der Waals surface area contributed by atoms with E-state index in [9.17, 15) is 0 Å². The Labute approximate surface area is 90.6 Å². The van der Waals surface area contributed by atoms with Gasteiger partial charge in [0.1, 0.15) is 5.75 Å². The summed E-state index contributed by atoms with van der Waals surface area (Å²) in [5.74, 6) is 1.19. The van der Waals surface area contributed by atoms with Gasteiger partial charge in [-0.25, -0.2) is 0 Å². The van der Waals surface area contributed by atoms with Gasteiger partial charge in [0.15, 0.2) is 6.23 Å². The van der Waals surface area contributed by atoms with Gasteiger partial charge in [-0.1, -0.05) is 19.1 Å². The lowest BCUT2D eigenvalue weighted by Gasteiger charge is -2.12. The Morgan fingerprint density at radius 1 is 1.33 bits per heavy atom. The molecule has 1 aromatic carbocycles. The van der Waals surface area contributed by atoms with E-state index in [1.807, 2.05) is 0 Å². The summed E-state index contributed by atoms with van der Waals surface area (Å²) in [6, 6.07) is 4.54. The second-order valence-electron chi connectivity index (χ2n) is 4.41. The summed E-state index contributed by atoms with van der Waals surface area (Å²) in [6.07, 6.45) is 4.96. The maximum Gasteiger partial charge on any atom is 0.154 e. The lowest BCUT2D eigenvalue weighted by Crippen LogP contribution is -2.32. The van der Waals surface area contributed by atoms with Crippen molar-refractivity contribution < 1.29 is 4.74 Å². The van der Waals surface area contributed by atoms with Crippen LogP contribution in [0.5, 0.6) is 5.75 Å². The number of rotatable bonds is 2. The minimum atomic E-state index is 0.206. The number of nitrogens with one attached hydrogen (secondary N) is 1. The van der Waals surface area contributed by atoms with Gasteiger partial charge >= 0.3 is 0 Å². The topological polar surface area (TPSA) is 21.3 Å². The van der Waals surface area contributed by atoms with E-state index in [0.29, 0.717) is 0 Å². The van der Waals surface area contributed by atoms with Gasteiger partial charge in [-0.15, -0.1) is 0 Å². The molecule has 2 nitrogen and oxygen atoms in total. The Balaban J connectivity index is 1.93. The fourth-order valence-corrected chi connectivity index (χ4v) is 2.71. The molecule has 0 saturated heterocycles. The molecule has 0 bridgehead atoms. The first-order chi connectivity index (χ1) is 7.38. The van der Waals surface area contributed by atoms with Crippen LogP contribution >= 0.6 is 0 Å². The fourth-order valence-electron chi connectivity index (χ4n) is 2.71. The fraction of sp³-hybridized carbons (Fsp3) is 0.538. The van der Waals surface area contributed by atoms with Crippen LogP contribution < -0.4 is 10.1 Å². The summed E-state index contributed by atoms with van der Waals surface area (Å²) in [7, 11) is 0. The van der Waals surface area contributed by atoms with Crippen LogP contribution in [0.3, 0.4) is 0 Å². The number of fused-ring (bicyclic) bond motifs is 3. The van der Waals surface area contributed by atoms with Crippen molar-refractivity contribution in [1.82, 2.24) is 5.32 Å². The summed E-state index contributed by atoms with van der Waals surface area (Å²) >= 11 is 0. The lowest BCUT2D eigenvalue weighted by molar-refractivity contribution is 0.193. The van der Waals surface area contributed by atoms with E-state index in [0.717, 1.165) is 13.0 Å². The molecule has 1 aliphatic heterocycles. The molecular weight excluding hydrogens is 186 g/mol. The largest absolute Gasteiger partial charge is 0.474 e. The summed E-state index contributed by atoms with van der Waals surface area (Å²) in [6.45, 7) is 3.09. The van der Waals surface area contributed by atoms with E-state index in [-0.39, 0.29) is 6.23 Å². The summed E-state index contributed by atoms with van der Waals surface area (Å²) < 4.78 is 5.98. The average molecular weight is 203 g/mol. The van der Waals surface area contributed by atoms with Crippen molar-refractivity contribution in [3.8, 4) is 5.75 Å². The number of hydrogen-bond acceptors (Lipinski definition) is 2. The van der Waals surface area contributed by atoms with Crippen LogP contribution in [-0.2, 0) is 19.3 Å². The van der Waals surface area contributed by atoms with E-state index in [1.165, 1.54) is 41.7 Å². The van der Waals surface area contributed by atoms with Gasteiger partial charge in [-0.05, 0) is 42.5 Å². The Morgan fingerprint density at radius 3 is 3.07 bits per heavy atom. The molecule has 2 aliphatic rings. The molecule has 2 heteroatoms. The Hall–Kier alpha value is -1.02. The van der Waals surface area contributed by atoms with Crippen LogP contribution in [0.25, 0.3) is 0 Å². The molecule has 15 heavy (non-hydrogen) atoms. The number of aryl methyl sites for hydroxylation is 1. The van der Waals surface area contributed by atoms with Crippen molar-refractivity contribution in [2.24, 2.45) is 0 Å². The molecule has 80 valence electrons. The second-order valence-corrected chi connectivity index (χ2v) is 4.41. The van der Waals surface area contributed by atoms with E-state index < -0.39 is 0 Å². The highest BCUT2D eigenvalue weighted by molar-refractivity contribution is 5.50. The predicted octanol–water partition coefficient (Wildman–Crippen LogP) is 2.05. The first-order valence-electron chi connectivity index (χ1n) is 5.92. The molecule has 0 saturated carbocycles. The SMILES string of the molecule is CCNC1Cc2ccc3c(c2O1)CCC3. The van der Waals surface area contributed by atoms with Gasteiger partial charge in [-0.2, -0.15) is 0 Å². The Kier molecular flexibility index (Phi) is 2.17. The van der Waals surface area contributed by atoms with Gasteiger partial charge in [0.2, 0.25) is 0 Å². The van der Waals surface area contributed by atoms with Crippen molar-refractivity contribution in [3.05, 3.63) is 28.8 Å². The molecule has 0 aromatic heterocycles. The monoisotopic (exact) mass is 203 g/mol. The minimum Gasteiger partial charge on any atom is -0.474 e. The maximum atomic E-state index is 5.98. The molecule has 1 aliphatic carbocycles. The average Bonchev–Trinajstić information content (AvgIpc) is 2.80. The smallest absolute Gasteiger partial charge is 0.154 e. The normalized spacial score (nSPS) is 22.3. The molecule has 1 aromatic rings. The van der Waals surface area contributed by atoms with Crippen LogP contribution in [0.4, 0.5) is 0 Å². The van der Waals surface area contributed by atoms with Crippen LogP contribution in [-0.4, -0.2) is 12.8 Å². The quantitative estimate of drug-likeness (QED) is 0.794. The zero-order valence-electron chi connectivity index (χ0n) is 9.18.